The lowest BCUT2D eigenvalue weighted by Gasteiger charge is -2.23. The first-order valence-electron chi connectivity index (χ1n) is 7.20. The van der Waals surface area contributed by atoms with Gasteiger partial charge in [0.15, 0.2) is 0 Å². The highest BCUT2D eigenvalue weighted by molar-refractivity contribution is 6.00. The van der Waals surface area contributed by atoms with Gasteiger partial charge in [-0.25, -0.2) is 4.79 Å². The van der Waals surface area contributed by atoms with Crippen molar-refractivity contribution in [2.45, 2.75) is 40.2 Å². The van der Waals surface area contributed by atoms with Crippen molar-refractivity contribution in [3.63, 3.8) is 0 Å². The smallest absolute Gasteiger partial charge is 0.352 e. The molecule has 0 saturated heterocycles. The molecule has 6 nitrogen and oxygen atoms in total. The maximum atomic E-state index is 12.2. The summed E-state index contributed by atoms with van der Waals surface area (Å²) in [5.41, 5.74) is 1.57. The molecule has 0 bridgehead atoms. The monoisotopic (exact) mass is 295 g/mol. The molecule has 1 heterocycles. The van der Waals surface area contributed by atoms with Crippen molar-refractivity contribution in [1.82, 2.24) is 15.2 Å². The number of aryl methyl sites for hydroxylation is 1. The van der Waals surface area contributed by atoms with Crippen LogP contribution in [0.25, 0.3) is 0 Å². The summed E-state index contributed by atoms with van der Waals surface area (Å²) in [7, 11) is 2.02. The van der Waals surface area contributed by atoms with Crippen LogP contribution in [0, 0.1) is 13.8 Å². The predicted octanol–water partition coefficient (Wildman–Crippen LogP) is 1.79. The van der Waals surface area contributed by atoms with Gasteiger partial charge in [-0.1, -0.05) is 6.92 Å². The van der Waals surface area contributed by atoms with E-state index in [1.165, 1.54) is 0 Å². The average molecular weight is 295 g/mol. The number of rotatable bonds is 7. The molecule has 3 N–H and O–H groups in total. The fraction of sp³-hybridized carbons (Fsp3) is 0.600. The fourth-order valence-electron chi connectivity index (χ4n) is 2.27. The van der Waals surface area contributed by atoms with Crippen LogP contribution >= 0.6 is 0 Å². The second-order valence-corrected chi connectivity index (χ2v) is 5.42. The summed E-state index contributed by atoms with van der Waals surface area (Å²) >= 11 is 0. The molecule has 1 unspecified atom stereocenters. The molecule has 0 fully saturated rings. The lowest BCUT2D eigenvalue weighted by atomic mass is 10.1. The fourth-order valence-corrected chi connectivity index (χ4v) is 2.27. The van der Waals surface area contributed by atoms with Crippen molar-refractivity contribution < 1.29 is 14.7 Å². The lowest BCUT2D eigenvalue weighted by Crippen LogP contribution is -2.37. The second-order valence-electron chi connectivity index (χ2n) is 5.42. The van der Waals surface area contributed by atoms with Crippen LogP contribution < -0.4 is 5.32 Å². The van der Waals surface area contributed by atoms with E-state index in [0.717, 1.165) is 13.0 Å². The molecule has 0 spiro atoms. The number of carbonyl (C=O) groups excluding carboxylic acids is 1. The first-order valence-corrected chi connectivity index (χ1v) is 7.20. The highest BCUT2D eigenvalue weighted by Crippen LogP contribution is 2.17. The van der Waals surface area contributed by atoms with Crippen molar-refractivity contribution in [1.29, 1.82) is 0 Å². The molecule has 0 aliphatic rings. The first-order chi connectivity index (χ1) is 9.79. The number of likely N-dealkylation sites (N-methyl/N-ethyl adjacent to an activating group) is 1. The van der Waals surface area contributed by atoms with Crippen LogP contribution in [-0.4, -0.2) is 53.0 Å². The number of carboxylic acid groups (broad SMARTS) is 1. The topological polar surface area (TPSA) is 85.4 Å². The van der Waals surface area contributed by atoms with Crippen molar-refractivity contribution in [3.8, 4) is 0 Å². The SMILES string of the molecule is CCC(C)N(C)CCNC(=O)c1c(C)[nH]c(C(=O)O)c1C. The molecule has 6 heteroatoms. The standard InChI is InChI=1S/C15H25N3O3/c1-6-9(2)18(5)8-7-16-14(19)12-10(3)13(15(20)21)17-11(12)4/h9,17H,6-8H2,1-5H3,(H,16,19)(H,20,21). The summed E-state index contributed by atoms with van der Waals surface area (Å²) < 4.78 is 0. The third-order valence-corrected chi connectivity index (χ3v) is 3.97. The molecule has 0 aromatic carbocycles. The van der Waals surface area contributed by atoms with Gasteiger partial charge in [-0.15, -0.1) is 0 Å². The summed E-state index contributed by atoms with van der Waals surface area (Å²) in [6.07, 6.45) is 1.06. The van der Waals surface area contributed by atoms with Crippen LogP contribution in [0.3, 0.4) is 0 Å². The number of carboxylic acids is 1. The number of carbonyl (C=O) groups is 2. The molecule has 1 atom stereocenters. The third kappa shape index (κ3) is 4.07. The Kier molecular flexibility index (Phi) is 5.96. The Balaban J connectivity index is 2.67. The Morgan fingerprint density at radius 3 is 2.48 bits per heavy atom. The lowest BCUT2D eigenvalue weighted by molar-refractivity contribution is 0.0690. The van der Waals surface area contributed by atoms with Crippen molar-refractivity contribution >= 4 is 11.9 Å². The number of nitrogens with one attached hydrogen (secondary N) is 2. The van der Waals surface area contributed by atoms with Gasteiger partial charge < -0.3 is 20.3 Å². The molecule has 1 amide bonds. The van der Waals surface area contributed by atoms with Gasteiger partial charge in [-0.3, -0.25) is 4.79 Å². The molecular weight excluding hydrogens is 270 g/mol. The molecule has 1 aromatic heterocycles. The largest absolute Gasteiger partial charge is 0.477 e. The first kappa shape index (κ1) is 17.2. The van der Waals surface area contributed by atoms with E-state index in [0.29, 0.717) is 29.4 Å². The van der Waals surface area contributed by atoms with Crippen molar-refractivity contribution in [3.05, 3.63) is 22.5 Å². The number of aromatic carboxylic acids is 1. The van der Waals surface area contributed by atoms with Crippen LogP contribution in [0.4, 0.5) is 0 Å². The van der Waals surface area contributed by atoms with Crippen LogP contribution in [-0.2, 0) is 0 Å². The van der Waals surface area contributed by atoms with E-state index in [1.54, 1.807) is 13.8 Å². The van der Waals surface area contributed by atoms with E-state index in [1.807, 2.05) is 7.05 Å². The Morgan fingerprint density at radius 2 is 2.00 bits per heavy atom. The summed E-state index contributed by atoms with van der Waals surface area (Å²) in [5.74, 6) is -1.28. The van der Waals surface area contributed by atoms with E-state index in [-0.39, 0.29) is 11.6 Å². The maximum Gasteiger partial charge on any atom is 0.352 e. The van der Waals surface area contributed by atoms with E-state index < -0.39 is 5.97 Å². The Labute approximate surface area is 125 Å². The summed E-state index contributed by atoms with van der Waals surface area (Å²) in [5, 5.41) is 11.9. The van der Waals surface area contributed by atoms with Gasteiger partial charge in [-0.05, 0) is 39.8 Å². The number of H-pyrrole nitrogens is 1. The minimum atomic E-state index is -1.05. The zero-order valence-electron chi connectivity index (χ0n) is 13.4. The minimum Gasteiger partial charge on any atom is -0.477 e. The zero-order valence-corrected chi connectivity index (χ0v) is 13.4. The van der Waals surface area contributed by atoms with E-state index >= 15 is 0 Å². The summed E-state index contributed by atoms with van der Waals surface area (Å²) in [6, 6.07) is 0.469. The van der Waals surface area contributed by atoms with Gasteiger partial charge in [-0.2, -0.15) is 0 Å². The Bertz CT molecular complexity index is 522. The van der Waals surface area contributed by atoms with E-state index in [2.05, 4.69) is 29.0 Å². The van der Waals surface area contributed by atoms with Gasteiger partial charge in [0.2, 0.25) is 0 Å². The second kappa shape index (κ2) is 7.26. The van der Waals surface area contributed by atoms with Gasteiger partial charge in [0.05, 0.1) is 5.56 Å². The minimum absolute atomic E-state index is 0.0781. The van der Waals surface area contributed by atoms with Gasteiger partial charge >= 0.3 is 5.97 Å². The van der Waals surface area contributed by atoms with Crippen LogP contribution in [0.5, 0.6) is 0 Å². The Hall–Kier alpha value is -1.82. The highest BCUT2D eigenvalue weighted by Gasteiger charge is 2.21. The molecule has 0 aliphatic carbocycles. The van der Waals surface area contributed by atoms with Crippen LogP contribution in [0.15, 0.2) is 0 Å². The van der Waals surface area contributed by atoms with E-state index in [4.69, 9.17) is 5.11 Å². The molecule has 1 rings (SSSR count). The van der Waals surface area contributed by atoms with Gasteiger partial charge in [0.1, 0.15) is 5.69 Å². The number of aromatic amines is 1. The van der Waals surface area contributed by atoms with Crippen LogP contribution in [0.1, 0.15) is 52.4 Å². The number of hydrogen-bond acceptors (Lipinski definition) is 3. The number of nitrogens with zero attached hydrogens (tertiary/aromatic N) is 1. The number of hydrogen-bond donors (Lipinski definition) is 3. The van der Waals surface area contributed by atoms with Crippen molar-refractivity contribution in [2.75, 3.05) is 20.1 Å². The molecule has 1 aromatic rings. The predicted molar refractivity (Wildman–Crippen MR) is 81.9 cm³/mol. The quantitative estimate of drug-likeness (QED) is 0.716. The molecular formula is C15H25N3O3. The molecule has 21 heavy (non-hydrogen) atoms. The van der Waals surface area contributed by atoms with Crippen molar-refractivity contribution in [2.24, 2.45) is 0 Å². The van der Waals surface area contributed by atoms with Gasteiger partial charge in [0.25, 0.3) is 5.91 Å². The van der Waals surface area contributed by atoms with Crippen LogP contribution in [0.2, 0.25) is 0 Å². The highest BCUT2D eigenvalue weighted by atomic mass is 16.4. The summed E-state index contributed by atoms with van der Waals surface area (Å²) in [6.45, 7) is 8.91. The Morgan fingerprint density at radius 1 is 1.38 bits per heavy atom. The van der Waals surface area contributed by atoms with Gasteiger partial charge in [0, 0.05) is 24.8 Å². The summed E-state index contributed by atoms with van der Waals surface area (Å²) in [4.78, 5) is 28.2. The number of aromatic nitrogens is 1. The normalized spacial score (nSPS) is 12.5. The zero-order chi connectivity index (χ0) is 16.2. The van der Waals surface area contributed by atoms with E-state index in [9.17, 15) is 9.59 Å². The maximum absolute atomic E-state index is 12.2. The average Bonchev–Trinajstić information content (AvgIpc) is 2.72. The molecule has 0 aliphatic heterocycles. The molecule has 118 valence electrons. The number of amides is 1. The third-order valence-electron chi connectivity index (χ3n) is 3.97. The molecule has 0 radical (unpaired) electrons. The molecule has 0 saturated carbocycles.